The molecule has 0 saturated carbocycles. The lowest BCUT2D eigenvalue weighted by atomic mass is 10.0. The van der Waals surface area contributed by atoms with Crippen molar-refractivity contribution in [3.63, 3.8) is 0 Å². The third kappa shape index (κ3) is 51.7. The van der Waals surface area contributed by atoms with E-state index in [1.807, 2.05) is 21.1 Å². The van der Waals surface area contributed by atoms with Crippen LogP contribution in [-0.2, 0) is 32.7 Å². The molecule has 0 rings (SSSR count). The number of carbonyl (C=O) groups is 2. The minimum atomic E-state index is -4.64. The molecule has 0 aliphatic rings. The normalized spacial score (nSPS) is 13.5. The first-order valence-electron chi connectivity index (χ1n) is 27.5. The third-order valence-corrected chi connectivity index (χ3v) is 13.2. The zero-order valence-electron chi connectivity index (χ0n) is 43.5. The summed E-state index contributed by atoms with van der Waals surface area (Å²) in [6.07, 6.45) is 55.1. The van der Waals surface area contributed by atoms with Crippen LogP contribution in [0.2, 0.25) is 0 Å². The van der Waals surface area contributed by atoms with E-state index >= 15 is 0 Å². The maximum Gasteiger partial charge on any atom is 0.306 e. The number of carbonyl (C=O) groups excluding carboxylic acids is 2. The van der Waals surface area contributed by atoms with Crippen molar-refractivity contribution in [2.24, 2.45) is 0 Å². The molecule has 65 heavy (non-hydrogen) atoms. The van der Waals surface area contributed by atoms with Crippen LogP contribution >= 0.6 is 7.82 Å². The number of rotatable bonds is 51. The number of phosphoric acid groups is 1. The molecule has 0 saturated heterocycles. The fourth-order valence-corrected chi connectivity index (χ4v) is 8.64. The molecule has 0 fully saturated rings. The Morgan fingerprint density at radius 2 is 0.815 bits per heavy atom. The SMILES string of the molecule is CCCCCCCCCCCCCCCC/C=C/CC/C=C/CCCC(=O)OC[C@@H](COP(=O)([O-])OCC[N+](C)(C)C)OC(=O)CCCCCCCCCCCCCCCCCCCC. The Balaban J connectivity index is 4.22. The third-order valence-electron chi connectivity index (χ3n) is 12.2. The predicted octanol–water partition coefficient (Wildman–Crippen LogP) is 16.0. The number of likely N-dealkylation sites (N-methyl/N-ethyl adjacent to an activating group) is 1. The molecule has 0 aromatic rings. The van der Waals surface area contributed by atoms with Crippen LogP contribution in [0.1, 0.15) is 264 Å². The largest absolute Gasteiger partial charge is 0.756 e. The van der Waals surface area contributed by atoms with E-state index in [-0.39, 0.29) is 26.1 Å². The number of esters is 2. The zero-order valence-corrected chi connectivity index (χ0v) is 44.3. The number of ether oxygens (including phenoxy) is 2. The van der Waals surface area contributed by atoms with Crippen molar-refractivity contribution in [1.29, 1.82) is 0 Å². The number of quaternary nitrogens is 1. The van der Waals surface area contributed by atoms with E-state index in [1.54, 1.807) is 0 Å². The summed E-state index contributed by atoms with van der Waals surface area (Å²) in [4.78, 5) is 37.7. The Kier molecular flexibility index (Phi) is 46.4. The van der Waals surface area contributed by atoms with Gasteiger partial charge in [-0.1, -0.05) is 231 Å². The summed E-state index contributed by atoms with van der Waals surface area (Å²) in [6, 6.07) is 0. The molecule has 0 aliphatic heterocycles. The molecule has 0 aliphatic carbocycles. The second kappa shape index (κ2) is 47.6. The standard InChI is InChI=1S/C55H106NO8P/c1-6-8-10-12-14-16-18-20-22-24-26-27-28-29-30-32-33-35-37-39-41-43-45-47-54(57)61-51-53(52-63-65(59,60)62-50-49-56(3,4)5)64-55(58)48-46-44-42-40-38-36-34-31-25-23-21-19-17-15-13-11-9-7-2/h32-33,39,41,53H,6-31,34-38,40,42-52H2,1-5H3/b33-32+,41-39+/t53-/m0/s1. The molecular formula is C55H106NO8P. The number of unbranched alkanes of at least 4 members (excludes halogenated alkanes) is 33. The van der Waals surface area contributed by atoms with Crippen LogP contribution < -0.4 is 4.89 Å². The molecule has 0 radical (unpaired) electrons. The Morgan fingerprint density at radius 1 is 0.462 bits per heavy atom. The fraction of sp³-hybridized carbons (Fsp3) is 0.891. The molecule has 0 N–H and O–H groups in total. The van der Waals surface area contributed by atoms with Crippen molar-refractivity contribution in [3.8, 4) is 0 Å². The molecule has 384 valence electrons. The minimum Gasteiger partial charge on any atom is -0.756 e. The fourth-order valence-electron chi connectivity index (χ4n) is 7.91. The van der Waals surface area contributed by atoms with Crippen molar-refractivity contribution in [1.82, 2.24) is 0 Å². The van der Waals surface area contributed by atoms with Gasteiger partial charge in [-0.3, -0.25) is 14.2 Å². The average molecular weight is 940 g/mol. The van der Waals surface area contributed by atoms with Crippen LogP contribution in [0.4, 0.5) is 0 Å². The summed E-state index contributed by atoms with van der Waals surface area (Å²) in [5, 5.41) is 0. The van der Waals surface area contributed by atoms with Crippen molar-refractivity contribution < 1.29 is 42.1 Å². The van der Waals surface area contributed by atoms with Gasteiger partial charge in [0, 0.05) is 12.8 Å². The van der Waals surface area contributed by atoms with Crippen molar-refractivity contribution in [2.75, 3.05) is 47.5 Å². The van der Waals surface area contributed by atoms with Crippen molar-refractivity contribution >= 4 is 19.8 Å². The highest BCUT2D eigenvalue weighted by Crippen LogP contribution is 2.38. The van der Waals surface area contributed by atoms with Gasteiger partial charge in [-0.2, -0.15) is 0 Å². The maximum atomic E-state index is 12.8. The first kappa shape index (κ1) is 63.5. The van der Waals surface area contributed by atoms with Crippen LogP contribution in [0.3, 0.4) is 0 Å². The van der Waals surface area contributed by atoms with Gasteiger partial charge in [-0.25, -0.2) is 0 Å². The van der Waals surface area contributed by atoms with Gasteiger partial charge in [0.25, 0.3) is 7.82 Å². The molecule has 0 spiro atoms. The lowest BCUT2D eigenvalue weighted by Crippen LogP contribution is -2.37. The molecule has 0 aromatic carbocycles. The minimum absolute atomic E-state index is 0.0339. The molecule has 1 unspecified atom stereocenters. The topological polar surface area (TPSA) is 111 Å². The number of allylic oxidation sites excluding steroid dienone is 4. The highest BCUT2D eigenvalue weighted by atomic mass is 31.2. The Morgan fingerprint density at radius 3 is 1.23 bits per heavy atom. The molecular weight excluding hydrogens is 834 g/mol. The van der Waals surface area contributed by atoms with E-state index in [0.29, 0.717) is 23.9 Å². The molecule has 0 heterocycles. The summed E-state index contributed by atoms with van der Waals surface area (Å²) >= 11 is 0. The first-order valence-corrected chi connectivity index (χ1v) is 29.0. The lowest BCUT2D eigenvalue weighted by Gasteiger charge is -2.28. The van der Waals surface area contributed by atoms with Gasteiger partial charge in [-0.05, 0) is 44.9 Å². The summed E-state index contributed by atoms with van der Waals surface area (Å²) < 4.78 is 34.1. The molecule has 0 amide bonds. The quantitative estimate of drug-likeness (QED) is 0.0195. The van der Waals surface area contributed by atoms with Gasteiger partial charge in [0.05, 0.1) is 27.7 Å². The molecule has 0 bridgehead atoms. The van der Waals surface area contributed by atoms with E-state index in [4.69, 9.17) is 18.5 Å². The molecule has 10 heteroatoms. The van der Waals surface area contributed by atoms with Crippen LogP contribution in [0.5, 0.6) is 0 Å². The first-order chi connectivity index (χ1) is 31.5. The molecule has 0 aromatic heterocycles. The predicted molar refractivity (Wildman–Crippen MR) is 273 cm³/mol. The van der Waals surface area contributed by atoms with E-state index in [1.165, 1.54) is 186 Å². The number of hydrogen-bond acceptors (Lipinski definition) is 8. The number of hydrogen-bond donors (Lipinski definition) is 0. The zero-order chi connectivity index (χ0) is 47.8. The van der Waals surface area contributed by atoms with Crippen LogP contribution in [-0.4, -0.2) is 70.0 Å². The van der Waals surface area contributed by atoms with Gasteiger partial charge in [-0.15, -0.1) is 0 Å². The summed E-state index contributed by atoms with van der Waals surface area (Å²) in [6.45, 7) is 4.24. The second-order valence-electron chi connectivity index (χ2n) is 19.9. The van der Waals surface area contributed by atoms with Crippen molar-refractivity contribution in [2.45, 2.75) is 270 Å². The summed E-state index contributed by atoms with van der Waals surface area (Å²) in [5.41, 5.74) is 0. The Hall–Kier alpha value is -1.51. The highest BCUT2D eigenvalue weighted by Gasteiger charge is 2.21. The highest BCUT2D eigenvalue weighted by molar-refractivity contribution is 7.45. The summed E-state index contributed by atoms with van der Waals surface area (Å²) in [7, 11) is 1.16. The Bertz CT molecular complexity index is 1150. The van der Waals surface area contributed by atoms with E-state index < -0.39 is 32.5 Å². The van der Waals surface area contributed by atoms with Crippen LogP contribution in [0, 0.1) is 0 Å². The Labute approximate surface area is 402 Å². The molecule has 9 nitrogen and oxygen atoms in total. The van der Waals surface area contributed by atoms with Crippen LogP contribution in [0.25, 0.3) is 0 Å². The average Bonchev–Trinajstić information content (AvgIpc) is 3.26. The van der Waals surface area contributed by atoms with E-state index in [2.05, 4.69) is 38.2 Å². The smallest absolute Gasteiger partial charge is 0.306 e. The van der Waals surface area contributed by atoms with Crippen LogP contribution in [0.15, 0.2) is 24.3 Å². The number of phosphoric ester groups is 1. The second-order valence-corrected chi connectivity index (χ2v) is 21.4. The summed E-state index contributed by atoms with van der Waals surface area (Å²) in [5.74, 6) is -0.869. The van der Waals surface area contributed by atoms with Gasteiger partial charge >= 0.3 is 11.9 Å². The van der Waals surface area contributed by atoms with Crippen molar-refractivity contribution in [3.05, 3.63) is 24.3 Å². The van der Waals surface area contributed by atoms with Gasteiger partial charge in [0.1, 0.15) is 19.8 Å². The van der Waals surface area contributed by atoms with Gasteiger partial charge in [0.15, 0.2) is 6.10 Å². The lowest BCUT2D eigenvalue weighted by molar-refractivity contribution is -0.870. The van der Waals surface area contributed by atoms with E-state index in [9.17, 15) is 19.0 Å². The van der Waals surface area contributed by atoms with Gasteiger partial charge in [0.2, 0.25) is 0 Å². The maximum absolute atomic E-state index is 12.8. The van der Waals surface area contributed by atoms with Gasteiger partial charge < -0.3 is 27.9 Å². The number of nitrogens with zero attached hydrogens (tertiary/aromatic N) is 1. The molecule has 2 atom stereocenters. The van der Waals surface area contributed by atoms with E-state index in [0.717, 1.165) is 38.5 Å². The monoisotopic (exact) mass is 940 g/mol.